The Labute approximate surface area is 53.7 Å². The van der Waals surface area contributed by atoms with Crippen molar-refractivity contribution in [1.29, 1.82) is 0 Å². The minimum Gasteiger partial charge on any atom is -0.0956 e. The van der Waals surface area contributed by atoms with Crippen LogP contribution in [0, 0.1) is 0 Å². The van der Waals surface area contributed by atoms with Crippen molar-refractivity contribution in [2.45, 2.75) is 26.4 Å². The molecule has 0 saturated heterocycles. The smallest absolute Gasteiger partial charge is 0.0232 e. The zero-order valence-electron chi connectivity index (χ0n) is 6.23. The van der Waals surface area contributed by atoms with E-state index in [0.29, 0.717) is 0 Å². The Morgan fingerprint density at radius 3 is 1.88 bits per heavy atom. The van der Waals surface area contributed by atoms with Crippen LogP contribution in [0.2, 0.25) is 0 Å². The Morgan fingerprint density at radius 2 is 1.88 bits per heavy atom. The van der Waals surface area contributed by atoms with E-state index in [1.807, 2.05) is 0 Å². The van der Waals surface area contributed by atoms with Crippen molar-refractivity contribution in [3.8, 4) is 0 Å². The summed E-state index contributed by atoms with van der Waals surface area (Å²) in [4.78, 5) is 0. The van der Waals surface area contributed by atoms with Crippen molar-refractivity contribution in [3.63, 3.8) is 0 Å². The number of hydrogen-bond donors (Lipinski definition) is 0. The van der Waals surface area contributed by atoms with Crippen molar-refractivity contribution < 1.29 is 0 Å². The van der Waals surface area contributed by atoms with Gasteiger partial charge in [-0.05, 0) is 19.2 Å². The predicted octanol–water partition coefficient (Wildman–Crippen LogP) is 3.04. The van der Waals surface area contributed by atoms with Gasteiger partial charge in [-0.1, -0.05) is 33.7 Å². The van der Waals surface area contributed by atoms with Crippen LogP contribution in [0.1, 0.15) is 20.8 Å². The average Bonchev–Trinajstić information content (AvgIpc) is 1.64. The highest BCUT2D eigenvalue weighted by molar-refractivity contribution is 7.61. The van der Waals surface area contributed by atoms with Gasteiger partial charge in [-0.25, -0.2) is 0 Å². The summed E-state index contributed by atoms with van der Waals surface area (Å²) in [6.07, 6.45) is 0. The molecule has 0 nitrogen and oxygen atoms in total. The maximum Gasteiger partial charge on any atom is -0.0232 e. The quantitative estimate of drug-likeness (QED) is 0.504. The molecule has 0 aliphatic heterocycles. The summed E-state index contributed by atoms with van der Waals surface area (Å²) in [5.74, 6) is 0. The van der Waals surface area contributed by atoms with Gasteiger partial charge in [0.1, 0.15) is 0 Å². The first-order valence-electron chi connectivity index (χ1n) is 2.94. The monoisotopic (exact) mass is 130 g/mol. The van der Waals surface area contributed by atoms with Crippen LogP contribution in [0.4, 0.5) is 0 Å². The van der Waals surface area contributed by atoms with Crippen molar-refractivity contribution in [2.75, 3.05) is 6.66 Å². The van der Waals surface area contributed by atoms with Crippen LogP contribution in [0.25, 0.3) is 0 Å². The van der Waals surface area contributed by atoms with Crippen LogP contribution in [-0.4, -0.2) is 12.3 Å². The molecule has 8 heavy (non-hydrogen) atoms. The SMILES string of the molecule is C=C(C)P(C)C(C)C. The van der Waals surface area contributed by atoms with Crippen molar-refractivity contribution in [1.82, 2.24) is 0 Å². The lowest BCUT2D eigenvalue weighted by atomic mass is 10.6. The first-order valence-corrected chi connectivity index (χ1v) is 4.80. The molecule has 0 rings (SSSR count). The summed E-state index contributed by atoms with van der Waals surface area (Å²) in [6, 6.07) is 0. The molecular weight excluding hydrogens is 115 g/mol. The maximum atomic E-state index is 3.91. The molecule has 0 aromatic rings. The second kappa shape index (κ2) is 3.25. The second-order valence-corrected chi connectivity index (χ2v) is 5.46. The molecule has 0 bridgehead atoms. The van der Waals surface area contributed by atoms with Crippen LogP contribution in [0.5, 0.6) is 0 Å². The fourth-order valence-electron chi connectivity index (χ4n) is 0.441. The predicted molar refractivity (Wildman–Crippen MR) is 42.8 cm³/mol. The Hall–Kier alpha value is 0.170. The van der Waals surface area contributed by atoms with Gasteiger partial charge in [-0.15, -0.1) is 0 Å². The Kier molecular flexibility index (Phi) is 3.31. The van der Waals surface area contributed by atoms with E-state index in [2.05, 4.69) is 34.0 Å². The molecule has 0 heterocycles. The molecule has 0 N–H and O–H groups in total. The highest BCUT2D eigenvalue weighted by Crippen LogP contribution is 2.43. The molecule has 0 radical (unpaired) electrons. The zero-order chi connectivity index (χ0) is 6.73. The van der Waals surface area contributed by atoms with Crippen molar-refractivity contribution in [2.24, 2.45) is 0 Å². The summed E-state index contributed by atoms with van der Waals surface area (Å²) < 4.78 is 0. The molecule has 48 valence electrons. The Balaban J connectivity index is 3.64. The van der Waals surface area contributed by atoms with Gasteiger partial charge in [-0.3, -0.25) is 0 Å². The van der Waals surface area contributed by atoms with E-state index in [4.69, 9.17) is 0 Å². The van der Waals surface area contributed by atoms with Crippen LogP contribution >= 0.6 is 7.92 Å². The number of hydrogen-bond acceptors (Lipinski definition) is 0. The van der Waals surface area contributed by atoms with Crippen LogP contribution in [-0.2, 0) is 0 Å². The summed E-state index contributed by atoms with van der Waals surface area (Å²) in [6.45, 7) is 12.8. The van der Waals surface area contributed by atoms with E-state index >= 15 is 0 Å². The molecule has 1 unspecified atom stereocenters. The lowest BCUT2D eigenvalue weighted by Crippen LogP contribution is -1.89. The van der Waals surface area contributed by atoms with Gasteiger partial charge in [-0.2, -0.15) is 0 Å². The lowest BCUT2D eigenvalue weighted by molar-refractivity contribution is 1.09. The van der Waals surface area contributed by atoms with Crippen molar-refractivity contribution in [3.05, 3.63) is 11.9 Å². The lowest BCUT2D eigenvalue weighted by Gasteiger charge is -2.14. The van der Waals surface area contributed by atoms with E-state index in [0.717, 1.165) is 5.66 Å². The van der Waals surface area contributed by atoms with Crippen molar-refractivity contribution >= 4 is 7.92 Å². The molecule has 0 spiro atoms. The van der Waals surface area contributed by atoms with E-state index in [1.165, 1.54) is 5.31 Å². The fraction of sp³-hybridized carbons (Fsp3) is 0.714. The fourth-order valence-corrected chi connectivity index (χ4v) is 1.32. The van der Waals surface area contributed by atoms with Crippen LogP contribution in [0.15, 0.2) is 11.9 Å². The van der Waals surface area contributed by atoms with Gasteiger partial charge < -0.3 is 0 Å². The highest BCUT2D eigenvalue weighted by atomic mass is 31.1. The minimum absolute atomic E-state index is 0.107. The minimum atomic E-state index is 0.107. The first kappa shape index (κ1) is 8.17. The van der Waals surface area contributed by atoms with Gasteiger partial charge in [0.15, 0.2) is 0 Å². The van der Waals surface area contributed by atoms with Gasteiger partial charge >= 0.3 is 0 Å². The van der Waals surface area contributed by atoms with E-state index in [1.54, 1.807) is 0 Å². The standard InChI is InChI=1S/C7H15P/c1-6(2)8(5)7(3)4/h7H,1H2,2-5H3. The van der Waals surface area contributed by atoms with Gasteiger partial charge in [0.2, 0.25) is 0 Å². The second-order valence-electron chi connectivity index (χ2n) is 2.44. The Bertz CT molecular complexity index is 84.4. The summed E-state index contributed by atoms with van der Waals surface area (Å²) in [5.41, 5.74) is 0.808. The largest absolute Gasteiger partial charge is 0.0956 e. The molecule has 0 amide bonds. The van der Waals surface area contributed by atoms with E-state index in [9.17, 15) is 0 Å². The van der Waals surface area contributed by atoms with E-state index in [-0.39, 0.29) is 7.92 Å². The third-order valence-corrected chi connectivity index (χ3v) is 4.13. The molecule has 0 aromatic heterocycles. The first-order chi connectivity index (χ1) is 3.55. The maximum absolute atomic E-state index is 3.91. The third-order valence-electron chi connectivity index (χ3n) is 1.38. The Morgan fingerprint density at radius 1 is 1.50 bits per heavy atom. The molecule has 0 fully saturated rings. The topological polar surface area (TPSA) is 0 Å². The van der Waals surface area contributed by atoms with Crippen LogP contribution < -0.4 is 0 Å². The average molecular weight is 130 g/mol. The van der Waals surface area contributed by atoms with Gasteiger partial charge in [0.05, 0.1) is 0 Å². The molecule has 0 saturated carbocycles. The summed E-state index contributed by atoms with van der Waals surface area (Å²) >= 11 is 0. The molecule has 0 aromatic carbocycles. The zero-order valence-corrected chi connectivity index (χ0v) is 7.13. The highest BCUT2D eigenvalue weighted by Gasteiger charge is 2.04. The summed E-state index contributed by atoms with van der Waals surface area (Å²) in [7, 11) is 0.107. The number of allylic oxidation sites excluding steroid dienone is 1. The van der Waals surface area contributed by atoms with Gasteiger partial charge in [0, 0.05) is 0 Å². The van der Waals surface area contributed by atoms with Gasteiger partial charge in [0.25, 0.3) is 0 Å². The molecule has 1 heteroatoms. The number of rotatable bonds is 2. The normalized spacial score (nSPS) is 14.1. The van der Waals surface area contributed by atoms with E-state index < -0.39 is 0 Å². The summed E-state index contributed by atoms with van der Waals surface area (Å²) in [5, 5.41) is 1.36. The third kappa shape index (κ3) is 2.47. The molecular formula is C7H15P. The molecule has 1 atom stereocenters. The van der Waals surface area contributed by atoms with Crippen LogP contribution in [0.3, 0.4) is 0 Å². The molecule has 0 aliphatic rings. The molecule has 0 aliphatic carbocycles.